The number of hydrogen-bond donors (Lipinski definition) is 0. The number of benzene rings is 1. The van der Waals surface area contributed by atoms with Gasteiger partial charge in [0.25, 0.3) is 0 Å². The fourth-order valence-electron chi connectivity index (χ4n) is 1.73. The van der Waals surface area contributed by atoms with Gasteiger partial charge in [0.05, 0.1) is 6.61 Å². The van der Waals surface area contributed by atoms with Gasteiger partial charge in [-0.1, -0.05) is 20.3 Å². The first-order valence-electron chi connectivity index (χ1n) is 7.36. The van der Waals surface area contributed by atoms with E-state index >= 15 is 0 Å². The van der Waals surface area contributed by atoms with Crippen LogP contribution in [0.1, 0.15) is 37.6 Å². The van der Waals surface area contributed by atoms with Gasteiger partial charge in [0, 0.05) is 31.2 Å². The van der Waals surface area contributed by atoms with Gasteiger partial charge in [-0.3, -0.25) is 0 Å². The second kappa shape index (κ2) is 8.22. The molecule has 22 heavy (non-hydrogen) atoms. The Kier molecular flexibility index (Phi) is 6.63. The normalized spacial score (nSPS) is 9.86. The first kappa shape index (κ1) is 17.8. The zero-order valence-electron chi connectivity index (χ0n) is 13.8. The van der Waals surface area contributed by atoms with Gasteiger partial charge in [-0.15, -0.1) is 0 Å². The van der Waals surface area contributed by atoms with Gasteiger partial charge in [0.1, 0.15) is 11.1 Å². The van der Waals surface area contributed by atoms with E-state index in [0.717, 1.165) is 5.69 Å². The number of fused-ring (bicyclic) bond motifs is 1. The van der Waals surface area contributed by atoms with Crippen LogP contribution in [-0.2, 0) is 4.74 Å². The number of esters is 1. The lowest BCUT2D eigenvalue weighted by Gasteiger charge is -2.12. The Morgan fingerprint density at radius 2 is 1.82 bits per heavy atom. The van der Waals surface area contributed by atoms with E-state index in [1.165, 1.54) is 12.5 Å². The van der Waals surface area contributed by atoms with Crippen LogP contribution >= 0.6 is 0 Å². The Morgan fingerprint density at radius 3 is 2.36 bits per heavy atom. The summed E-state index contributed by atoms with van der Waals surface area (Å²) in [4.78, 5) is 25.2. The Hall–Kier alpha value is -2.30. The number of hydrogen-bond acceptors (Lipinski definition) is 5. The lowest BCUT2D eigenvalue weighted by molar-refractivity contribution is 0.0522. The third-order valence-corrected chi connectivity index (χ3v) is 2.73. The molecule has 1 aromatic carbocycles. The minimum Gasteiger partial charge on any atom is -0.462 e. The molecule has 0 fully saturated rings. The summed E-state index contributed by atoms with van der Waals surface area (Å²) in [6.45, 7) is 6.15. The van der Waals surface area contributed by atoms with E-state index in [2.05, 4.69) is 13.8 Å². The summed E-state index contributed by atoms with van der Waals surface area (Å²) in [7, 11) is 3.79. The van der Waals surface area contributed by atoms with Crippen molar-refractivity contribution in [3.05, 3.63) is 40.2 Å². The van der Waals surface area contributed by atoms with E-state index in [4.69, 9.17) is 9.15 Å². The topological polar surface area (TPSA) is 59.8 Å². The van der Waals surface area contributed by atoms with Crippen molar-refractivity contribution < 1.29 is 13.9 Å². The summed E-state index contributed by atoms with van der Waals surface area (Å²) in [6, 6.07) is 6.94. The Balaban J connectivity index is 0.000000745. The number of carbonyl (C=O) groups is 1. The second-order valence-corrected chi connectivity index (χ2v) is 4.99. The fraction of sp³-hybridized carbons (Fsp3) is 0.412. The maximum atomic E-state index is 11.7. The van der Waals surface area contributed by atoms with Crippen LogP contribution in [0.3, 0.4) is 0 Å². The van der Waals surface area contributed by atoms with E-state index < -0.39 is 11.6 Å². The molecule has 120 valence electrons. The SMILES string of the molecule is CCC.CCOC(=O)c1cc2ccc(N(C)C)cc2oc1=O. The fourth-order valence-corrected chi connectivity index (χ4v) is 1.73. The van der Waals surface area contributed by atoms with E-state index in [-0.39, 0.29) is 12.2 Å². The third-order valence-electron chi connectivity index (χ3n) is 2.73. The number of anilines is 1. The van der Waals surface area contributed by atoms with Gasteiger partial charge in [-0.2, -0.15) is 0 Å². The second-order valence-electron chi connectivity index (χ2n) is 4.99. The maximum Gasteiger partial charge on any atom is 0.351 e. The molecule has 0 unspecified atom stereocenters. The van der Waals surface area contributed by atoms with Gasteiger partial charge < -0.3 is 14.1 Å². The summed E-state index contributed by atoms with van der Waals surface area (Å²) < 4.78 is 9.98. The van der Waals surface area contributed by atoms with Gasteiger partial charge in [-0.05, 0) is 25.1 Å². The Bertz CT molecular complexity index is 689. The largest absolute Gasteiger partial charge is 0.462 e. The van der Waals surface area contributed by atoms with Gasteiger partial charge >= 0.3 is 11.6 Å². The van der Waals surface area contributed by atoms with Gasteiger partial charge in [-0.25, -0.2) is 9.59 Å². The first-order valence-corrected chi connectivity index (χ1v) is 7.36. The molecule has 1 heterocycles. The van der Waals surface area contributed by atoms with Gasteiger partial charge in [0.15, 0.2) is 0 Å². The molecular formula is C17H23NO4. The van der Waals surface area contributed by atoms with E-state index in [0.29, 0.717) is 11.0 Å². The molecular weight excluding hydrogens is 282 g/mol. The Labute approximate surface area is 130 Å². The molecule has 0 aliphatic heterocycles. The van der Waals surface area contributed by atoms with Crippen LogP contribution in [0.4, 0.5) is 5.69 Å². The molecule has 0 saturated heterocycles. The van der Waals surface area contributed by atoms with E-state index in [9.17, 15) is 9.59 Å². The molecule has 0 atom stereocenters. The van der Waals surface area contributed by atoms with Crippen molar-refractivity contribution in [2.75, 3.05) is 25.6 Å². The predicted molar refractivity (Wildman–Crippen MR) is 88.7 cm³/mol. The summed E-state index contributed by atoms with van der Waals surface area (Å²) in [5, 5.41) is 0.688. The van der Waals surface area contributed by atoms with Crippen LogP contribution in [0.2, 0.25) is 0 Å². The summed E-state index contributed by atoms with van der Waals surface area (Å²) >= 11 is 0. The standard InChI is InChI=1S/C14H15NO4.C3H8/c1-4-18-13(16)11-7-9-5-6-10(15(2)3)8-12(9)19-14(11)17;1-3-2/h5-8H,4H2,1-3H3;3H2,1-2H3. The average Bonchev–Trinajstić information content (AvgIpc) is 2.46. The summed E-state index contributed by atoms with van der Waals surface area (Å²) in [5.74, 6) is -0.658. The minimum atomic E-state index is -0.679. The summed E-state index contributed by atoms with van der Waals surface area (Å²) in [6.07, 6.45) is 1.25. The lowest BCUT2D eigenvalue weighted by atomic mass is 10.1. The van der Waals surface area contributed by atoms with Crippen molar-refractivity contribution in [1.29, 1.82) is 0 Å². The average molecular weight is 305 g/mol. The number of ether oxygens (including phenoxy) is 1. The monoisotopic (exact) mass is 305 g/mol. The van der Waals surface area contributed by atoms with Crippen molar-refractivity contribution in [3.8, 4) is 0 Å². The highest BCUT2D eigenvalue weighted by Gasteiger charge is 2.14. The first-order chi connectivity index (χ1) is 10.4. The highest BCUT2D eigenvalue weighted by atomic mass is 16.5. The van der Waals surface area contributed by atoms with Crippen LogP contribution in [-0.4, -0.2) is 26.7 Å². The zero-order chi connectivity index (χ0) is 16.7. The van der Waals surface area contributed by atoms with Crippen LogP contribution in [0.25, 0.3) is 11.0 Å². The molecule has 0 amide bonds. The van der Waals surface area contributed by atoms with Gasteiger partial charge in [0.2, 0.25) is 0 Å². The quantitative estimate of drug-likeness (QED) is 0.642. The summed E-state index contributed by atoms with van der Waals surface area (Å²) in [5.41, 5.74) is 0.609. The number of nitrogens with zero attached hydrogens (tertiary/aromatic N) is 1. The van der Waals surface area contributed by atoms with Crippen molar-refractivity contribution in [3.63, 3.8) is 0 Å². The molecule has 0 N–H and O–H groups in total. The molecule has 0 aliphatic rings. The van der Waals surface area contributed by atoms with Crippen molar-refractivity contribution >= 4 is 22.6 Å². The third kappa shape index (κ3) is 4.35. The zero-order valence-corrected chi connectivity index (χ0v) is 13.8. The molecule has 0 spiro atoms. The van der Waals surface area contributed by atoms with Crippen LogP contribution in [0, 0.1) is 0 Å². The highest BCUT2D eigenvalue weighted by molar-refractivity contribution is 5.93. The molecule has 0 radical (unpaired) electrons. The smallest absolute Gasteiger partial charge is 0.351 e. The van der Waals surface area contributed by atoms with E-state index in [1.807, 2.05) is 25.1 Å². The molecule has 0 saturated carbocycles. The van der Waals surface area contributed by atoms with Crippen molar-refractivity contribution in [2.45, 2.75) is 27.2 Å². The van der Waals surface area contributed by atoms with Crippen LogP contribution in [0.15, 0.2) is 33.5 Å². The van der Waals surface area contributed by atoms with Crippen LogP contribution < -0.4 is 10.5 Å². The van der Waals surface area contributed by atoms with Crippen molar-refractivity contribution in [1.82, 2.24) is 0 Å². The molecule has 2 rings (SSSR count). The Morgan fingerprint density at radius 1 is 1.18 bits per heavy atom. The minimum absolute atomic E-state index is 0.0769. The van der Waals surface area contributed by atoms with E-state index in [1.54, 1.807) is 19.1 Å². The molecule has 5 heteroatoms. The van der Waals surface area contributed by atoms with Crippen molar-refractivity contribution in [2.24, 2.45) is 0 Å². The lowest BCUT2D eigenvalue weighted by Crippen LogP contribution is -2.16. The molecule has 0 aliphatic carbocycles. The van der Waals surface area contributed by atoms with Crippen LogP contribution in [0.5, 0.6) is 0 Å². The highest BCUT2D eigenvalue weighted by Crippen LogP contribution is 2.20. The predicted octanol–water partition coefficient (Wildman–Crippen LogP) is 3.45. The number of rotatable bonds is 3. The molecule has 5 nitrogen and oxygen atoms in total. The number of carbonyl (C=O) groups excluding carboxylic acids is 1. The molecule has 0 bridgehead atoms. The maximum absolute atomic E-state index is 11.7. The molecule has 2 aromatic rings. The molecule has 1 aromatic heterocycles.